The van der Waals surface area contributed by atoms with Crippen LogP contribution >= 0.6 is 22.9 Å². The summed E-state index contributed by atoms with van der Waals surface area (Å²) in [5.74, 6) is 0.623. The van der Waals surface area contributed by atoms with Crippen molar-refractivity contribution < 1.29 is 9.53 Å². The second kappa shape index (κ2) is 8.64. The number of anilines is 1. The van der Waals surface area contributed by atoms with Crippen LogP contribution in [0, 0.1) is 0 Å². The minimum Gasteiger partial charge on any atom is -0.494 e. The number of hydrogen-bond donors (Lipinski definition) is 0. The van der Waals surface area contributed by atoms with Gasteiger partial charge >= 0.3 is 0 Å². The maximum atomic E-state index is 13.4. The van der Waals surface area contributed by atoms with E-state index in [1.54, 1.807) is 17.0 Å². The number of para-hydroxylation sites is 1. The number of fused-ring (bicyclic) bond motifs is 1. The summed E-state index contributed by atoms with van der Waals surface area (Å²) in [6.45, 7) is 2.93. The highest BCUT2D eigenvalue weighted by atomic mass is 35.5. The van der Waals surface area contributed by atoms with Gasteiger partial charge in [0, 0.05) is 5.56 Å². The van der Waals surface area contributed by atoms with Gasteiger partial charge < -0.3 is 4.74 Å². The van der Waals surface area contributed by atoms with E-state index < -0.39 is 0 Å². The zero-order chi connectivity index (χ0) is 20.2. The first kappa shape index (κ1) is 19.4. The minimum atomic E-state index is -0.118. The first-order valence-electron chi connectivity index (χ1n) is 9.29. The molecule has 0 radical (unpaired) electrons. The highest BCUT2D eigenvalue weighted by molar-refractivity contribution is 7.22. The molecule has 1 aromatic heterocycles. The van der Waals surface area contributed by atoms with Gasteiger partial charge in [0.25, 0.3) is 5.91 Å². The van der Waals surface area contributed by atoms with E-state index in [4.69, 9.17) is 16.3 Å². The third-order valence-corrected chi connectivity index (χ3v) is 5.78. The molecule has 0 aliphatic carbocycles. The Morgan fingerprint density at radius 3 is 2.48 bits per heavy atom. The number of rotatable bonds is 6. The van der Waals surface area contributed by atoms with Gasteiger partial charge in [0.15, 0.2) is 5.13 Å². The summed E-state index contributed by atoms with van der Waals surface area (Å²) in [5.41, 5.74) is 2.32. The van der Waals surface area contributed by atoms with Crippen molar-refractivity contribution in [1.82, 2.24) is 4.98 Å². The molecule has 4 aromatic rings. The van der Waals surface area contributed by atoms with Crippen molar-refractivity contribution in [3.8, 4) is 5.75 Å². The van der Waals surface area contributed by atoms with Gasteiger partial charge in [-0.2, -0.15) is 0 Å². The second-order valence-corrected chi connectivity index (χ2v) is 7.83. The topological polar surface area (TPSA) is 42.4 Å². The third-order valence-electron chi connectivity index (χ3n) is 4.43. The number of carbonyl (C=O) groups is 1. The quantitative estimate of drug-likeness (QED) is 0.371. The van der Waals surface area contributed by atoms with Gasteiger partial charge in [0.2, 0.25) is 0 Å². The molecule has 0 unspecified atom stereocenters. The molecule has 1 heterocycles. The van der Waals surface area contributed by atoms with Crippen molar-refractivity contribution in [2.75, 3.05) is 11.5 Å². The lowest BCUT2D eigenvalue weighted by Gasteiger charge is -2.20. The molecule has 146 valence electrons. The molecule has 0 spiro atoms. The van der Waals surface area contributed by atoms with Crippen LogP contribution in [-0.4, -0.2) is 17.5 Å². The molecule has 0 fully saturated rings. The highest BCUT2D eigenvalue weighted by Crippen LogP contribution is 2.34. The number of halogens is 1. The number of amides is 1. The zero-order valence-electron chi connectivity index (χ0n) is 15.8. The summed E-state index contributed by atoms with van der Waals surface area (Å²) < 4.78 is 6.43. The van der Waals surface area contributed by atoms with Gasteiger partial charge in [-0.15, -0.1) is 0 Å². The Morgan fingerprint density at radius 1 is 1.03 bits per heavy atom. The molecule has 1 amide bonds. The lowest BCUT2D eigenvalue weighted by molar-refractivity contribution is 0.0985. The Kier molecular flexibility index (Phi) is 5.79. The van der Waals surface area contributed by atoms with E-state index in [0.29, 0.717) is 34.4 Å². The second-order valence-electron chi connectivity index (χ2n) is 6.42. The number of carbonyl (C=O) groups excluding carboxylic acids is 1. The molecule has 4 nitrogen and oxygen atoms in total. The van der Waals surface area contributed by atoms with Gasteiger partial charge in [-0.05, 0) is 48.9 Å². The van der Waals surface area contributed by atoms with Crippen LogP contribution in [0.1, 0.15) is 22.8 Å². The maximum absolute atomic E-state index is 13.4. The SMILES string of the molecule is CCOc1ccc(C(=O)N(Cc2ccccc2)c2nc3c(Cl)cccc3s2)cc1. The monoisotopic (exact) mass is 422 g/mol. The Hall–Kier alpha value is -2.89. The van der Waals surface area contributed by atoms with Crippen LogP contribution in [0.25, 0.3) is 10.2 Å². The van der Waals surface area contributed by atoms with E-state index >= 15 is 0 Å². The van der Waals surface area contributed by atoms with Gasteiger partial charge in [-0.1, -0.05) is 59.3 Å². The van der Waals surface area contributed by atoms with E-state index in [9.17, 15) is 4.79 Å². The van der Waals surface area contributed by atoms with Crippen molar-refractivity contribution in [3.05, 3.63) is 88.9 Å². The minimum absolute atomic E-state index is 0.118. The average molecular weight is 423 g/mol. The molecule has 0 aliphatic rings. The molecule has 4 rings (SSSR count). The van der Waals surface area contributed by atoms with Gasteiger partial charge in [0.1, 0.15) is 11.3 Å². The first-order chi connectivity index (χ1) is 14.2. The summed E-state index contributed by atoms with van der Waals surface area (Å²) in [5, 5.41) is 1.20. The van der Waals surface area contributed by atoms with Crippen LogP contribution in [0.3, 0.4) is 0 Å². The molecule has 6 heteroatoms. The molecule has 0 saturated heterocycles. The van der Waals surface area contributed by atoms with Gasteiger partial charge in [-0.25, -0.2) is 4.98 Å². The fourth-order valence-corrected chi connectivity index (χ4v) is 4.29. The van der Waals surface area contributed by atoms with Crippen molar-refractivity contribution in [2.24, 2.45) is 0 Å². The summed E-state index contributed by atoms with van der Waals surface area (Å²) in [4.78, 5) is 19.8. The Bertz CT molecular complexity index is 1130. The number of nitrogens with zero attached hydrogens (tertiary/aromatic N) is 2. The number of benzene rings is 3. The van der Waals surface area contributed by atoms with Crippen LogP contribution < -0.4 is 9.64 Å². The lowest BCUT2D eigenvalue weighted by atomic mass is 10.1. The van der Waals surface area contributed by atoms with Gasteiger partial charge in [0.05, 0.1) is 22.9 Å². The molecule has 0 N–H and O–H groups in total. The largest absolute Gasteiger partial charge is 0.494 e. The Morgan fingerprint density at radius 2 is 1.79 bits per heavy atom. The average Bonchev–Trinajstić information content (AvgIpc) is 3.18. The van der Waals surface area contributed by atoms with Crippen LogP contribution in [0.4, 0.5) is 5.13 Å². The predicted molar refractivity (Wildman–Crippen MR) is 119 cm³/mol. The summed E-state index contributed by atoms with van der Waals surface area (Å²) in [6, 6.07) is 22.7. The van der Waals surface area contributed by atoms with E-state index in [-0.39, 0.29) is 5.91 Å². The highest BCUT2D eigenvalue weighted by Gasteiger charge is 2.22. The molecular weight excluding hydrogens is 404 g/mol. The van der Waals surface area contributed by atoms with Crippen LogP contribution in [-0.2, 0) is 6.54 Å². The normalized spacial score (nSPS) is 10.8. The summed E-state index contributed by atoms with van der Waals surface area (Å²) in [7, 11) is 0. The molecular formula is C23H19ClN2O2S. The number of thiazole rings is 1. The summed E-state index contributed by atoms with van der Waals surface area (Å²) >= 11 is 7.76. The predicted octanol–water partition coefficient (Wildman–Crippen LogP) is 6.20. The Balaban J connectivity index is 1.72. The first-order valence-corrected chi connectivity index (χ1v) is 10.5. The number of aromatic nitrogens is 1. The number of ether oxygens (including phenoxy) is 1. The lowest BCUT2D eigenvalue weighted by Crippen LogP contribution is -2.30. The van der Waals surface area contributed by atoms with Crippen LogP contribution in [0.5, 0.6) is 5.75 Å². The van der Waals surface area contributed by atoms with Crippen LogP contribution in [0.15, 0.2) is 72.8 Å². The molecule has 0 atom stereocenters. The van der Waals surface area contributed by atoms with Crippen LogP contribution in [0.2, 0.25) is 5.02 Å². The fourth-order valence-electron chi connectivity index (χ4n) is 3.03. The van der Waals surface area contributed by atoms with E-state index in [1.165, 1.54) is 11.3 Å². The van der Waals surface area contributed by atoms with E-state index in [1.807, 2.05) is 67.6 Å². The smallest absolute Gasteiger partial charge is 0.260 e. The fraction of sp³-hybridized carbons (Fsp3) is 0.130. The van der Waals surface area contributed by atoms with Crippen molar-refractivity contribution in [3.63, 3.8) is 0 Å². The molecule has 0 bridgehead atoms. The standard InChI is InChI=1S/C23H19ClN2O2S/c1-2-28-18-13-11-17(12-14-18)22(27)26(15-16-7-4-3-5-8-16)23-25-21-19(24)9-6-10-20(21)29-23/h3-14H,2,15H2,1H3. The molecule has 0 saturated carbocycles. The maximum Gasteiger partial charge on any atom is 0.260 e. The van der Waals surface area contributed by atoms with Crippen molar-refractivity contribution >= 4 is 44.2 Å². The Labute approximate surface area is 178 Å². The van der Waals surface area contributed by atoms with Crippen molar-refractivity contribution in [1.29, 1.82) is 0 Å². The molecule has 0 aliphatic heterocycles. The van der Waals surface area contributed by atoms with Crippen molar-refractivity contribution in [2.45, 2.75) is 13.5 Å². The third kappa shape index (κ3) is 4.26. The molecule has 3 aromatic carbocycles. The molecule has 29 heavy (non-hydrogen) atoms. The summed E-state index contributed by atoms with van der Waals surface area (Å²) in [6.07, 6.45) is 0. The van der Waals surface area contributed by atoms with Gasteiger partial charge in [-0.3, -0.25) is 9.69 Å². The number of hydrogen-bond acceptors (Lipinski definition) is 4. The zero-order valence-corrected chi connectivity index (χ0v) is 17.4. The van der Waals surface area contributed by atoms with E-state index in [2.05, 4.69) is 4.98 Å². The van der Waals surface area contributed by atoms with E-state index in [0.717, 1.165) is 16.0 Å².